The molecule has 0 radical (unpaired) electrons. The van der Waals surface area contributed by atoms with Gasteiger partial charge in [-0.1, -0.05) is 30.9 Å². The number of nitrogens with two attached hydrogens (primary N) is 1. The molecule has 3 aromatic heterocycles. The maximum absolute atomic E-state index is 13.1. The summed E-state index contributed by atoms with van der Waals surface area (Å²) in [4.78, 5) is 14.0. The van der Waals surface area contributed by atoms with Crippen LogP contribution in [-0.4, -0.2) is 61.4 Å². The number of nitrogens with zero attached hydrogens (tertiary/aromatic N) is 4. The quantitative estimate of drug-likeness (QED) is 0.263. The Morgan fingerprint density at radius 2 is 2.03 bits per heavy atom. The first-order valence-corrected chi connectivity index (χ1v) is 15.7. The summed E-state index contributed by atoms with van der Waals surface area (Å²) in [6, 6.07) is 11.1. The highest BCUT2D eigenvalue weighted by molar-refractivity contribution is 7.94. The van der Waals surface area contributed by atoms with Crippen LogP contribution in [0.25, 0.3) is 21.6 Å². The Hall–Kier alpha value is -3.38. The van der Waals surface area contributed by atoms with Gasteiger partial charge >= 0.3 is 0 Å². The van der Waals surface area contributed by atoms with Crippen molar-refractivity contribution in [3.63, 3.8) is 0 Å². The number of H-pyrrole nitrogens is 1. The van der Waals surface area contributed by atoms with E-state index in [1.165, 1.54) is 20.5 Å². The Labute approximate surface area is 237 Å². The molecule has 39 heavy (non-hydrogen) atoms. The van der Waals surface area contributed by atoms with Gasteiger partial charge in [0.25, 0.3) is 10.0 Å². The summed E-state index contributed by atoms with van der Waals surface area (Å²) >= 11 is 2.87. The highest BCUT2D eigenvalue weighted by Crippen LogP contribution is 2.35. The number of allylic oxidation sites excluding steroid dienone is 4. The first-order valence-electron chi connectivity index (χ1n) is 12.6. The van der Waals surface area contributed by atoms with E-state index >= 15 is 0 Å². The van der Waals surface area contributed by atoms with Crippen molar-refractivity contribution in [2.24, 2.45) is 5.73 Å². The number of hydrogen-bond donors (Lipinski definition) is 2. The number of rotatable bonds is 9. The van der Waals surface area contributed by atoms with Crippen molar-refractivity contribution < 1.29 is 8.42 Å². The Balaban J connectivity index is 1.26. The van der Waals surface area contributed by atoms with Crippen molar-refractivity contribution in [3.05, 3.63) is 89.1 Å². The fourth-order valence-corrected chi connectivity index (χ4v) is 7.82. The molecule has 4 aromatic rings. The third kappa shape index (κ3) is 5.96. The third-order valence-corrected chi connectivity index (χ3v) is 10.8. The number of para-hydroxylation sites is 1. The lowest BCUT2D eigenvalue weighted by Crippen LogP contribution is -2.44. The number of nitrogens with one attached hydrogen (secondary N) is 1. The summed E-state index contributed by atoms with van der Waals surface area (Å²) in [7, 11) is -2.04. The van der Waals surface area contributed by atoms with E-state index < -0.39 is 10.0 Å². The first kappa shape index (κ1) is 27.2. The number of hydrogen-bond acceptors (Lipinski definition) is 8. The molecule has 0 bridgehead atoms. The van der Waals surface area contributed by atoms with Gasteiger partial charge in [-0.25, -0.2) is 13.4 Å². The average Bonchev–Trinajstić information content (AvgIpc) is 3.69. The minimum absolute atomic E-state index is 0.318. The van der Waals surface area contributed by atoms with Crippen LogP contribution in [0.15, 0.2) is 88.4 Å². The predicted octanol–water partition coefficient (Wildman–Crippen LogP) is 5.23. The first-order chi connectivity index (χ1) is 18.7. The molecule has 0 atom stereocenters. The van der Waals surface area contributed by atoms with Crippen LogP contribution in [0.5, 0.6) is 0 Å². The molecule has 3 N–H and O–H groups in total. The van der Waals surface area contributed by atoms with Gasteiger partial charge in [0.1, 0.15) is 9.22 Å². The normalized spacial score (nSPS) is 15.4. The van der Waals surface area contributed by atoms with Crippen LogP contribution in [0.2, 0.25) is 0 Å². The lowest BCUT2D eigenvalue weighted by molar-refractivity contribution is 0.157. The molecular formula is C28H32N6O2S3. The lowest BCUT2D eigenvalue weighted by atomic mass is 10.2. The predicted molar refractivity (Wildman–Crippen MR) is 162 cm³/mol. The minimum Gasteiger partial charge on any atom is -0.402 e. The van der Waals surface area contributed by atoms with Crippen molar-refractivity contribution in [1.29, 1.82) is 0 Å². The molecular weight excluding hydrogens is 549 g/mol. The second-order valence-corrected chi connectivity index (χ2v) is 13.7. The topological polar surface area (TPSA) is 98.6 Å². The van der Waals surface area contributed by atoms with Crippen LogP contribution >= 0.6 is 22.7 Å². The molecule has 0 saturated carbocycles. The van der Waals surface area contributed by atoms with Crippen molar-refractivity contribution in [2.75, 3.05) is 37.5 Å². The zero-order valence-corrected chi connectivity index (χ0v) is 24.5. The minimum atomic E-state index is -3.63. The molecule has 1 saturated heterocycles. The highest BCUT2D eigenvalue weighted by atomic mass is 32.2. The SMILES string of the molecule is C=C(/C=C\C=C(\C)N)N1CCN(Cc2cnc(-c3cc4cccc(N(C)S(=O)(=O)c5cccs5)c4[nH]3)s2)CC1. The lowest BCUT2D eigenvalue weighted by Gasteiger charge is -2.36. The van der Waals surface area contributed by atoms with Gasteiger partial charge in [-0.15, -0.1) is 22.7 Å². The largest absolute Gasteiger partial charge is 0.402 e. The van der Waals surface area contributed by atoms with Gasteiger partial charge in [0.2, 0.25) is 0 Å². The molecule has 0 unspecified atom stereocenters. The summed E-state index contributed by atoms with van der Waals surface area (Å²) in [6.07, 6.45) is 7.76. The van der Waals surface area contributed by atoms with E-state index in [0.717, 1.165) is 65.7 Å². The van der Waals surface area contributed by atoms with E-state index in [-0.39, 0.29) is 0 Å². The number of sulfonamides is 1. The second kappa shape index (κ2) is 11.4. The molecule has 11 heteroatoms. The number of thiophene rings is 1. The number of fused-ring (bicyclic) bond motifs is 1. The van der Waals surface area contributed by atoms with E-state index in [0.29, 0.717) is 9.90 Å². The summed E-state index contributed by atoms with van der Waals surface area (Å²) in [5, 5.41) is 3.59. The summed E-state index contributed by atoms with van der Waals surface area (Å²) in [5.41, 5.74) is 9.72. The van der Waals surface area contributed by atoms with Gasteiger partial charge in [0.05, 0.1) is 16.9 Å². The molecule has 0 amide bonds. The van der Waals surface area contributed by atoms with Gasteiger partial charge in [-0.3, -0.25) is 9.21 Å². The average molecular weight is 581 g/mol. The molecule has 4 heterocycles. The molecule has 1 fully saturated rings. The van der Waals surface area contributed by atoms with Crippen molar-refractivity contribution >= 4 is 49.3 Å². The molecule has 8 nitrogen and oxygen atoms in total. The van der Waals surface area contributed by atoms with E-state index in [2.05, 4.69) is 26.3 Å². The van der Waals surface area contributed by atoms with Gasteiger partial charge in [-0.2, -0.15) is 0 Å². The number of thiazole rings is 1. The summed E-state index contributed by atoms with van der Waals surface area (Å²) in [6.45, 7) is 10.6. The maximum Gasteiger partial charge on any atom is 0.273 e. The molecule has 0 spiro atoms. The van der Waals surface area contributed by atoms with Crippen LogP contribution in [-0.2, 0) is 16.6 Å². The number of benzene rings is 1. The number of piperazine rings is 1. The number of aromatic nitrogens is 2. The molecule has 1 aliphatic rings. The Morgan fingerprint density at radius 3 is 2.74 bits per heavy atom. The van der Waals surface area contributed by atoms with E-state index in [9.17, 15) is 8.42 Å². The Kier molecular flexibility index (Phi) is 7.94. The zero-order valence-electron chi connectivity index (χ0n) is 22.0. The zero-order chi connectivity index (χ0) is 27.6. The van der Waals surface area contributed by atoms with Gasteiger partial charge in [0, 0.05) is 67.6 Å². The van der Waals surface area contributed by atoms with Crippen molar-refractivity contribution in [2.45, 2.75) is 17.7 Å². The van der Waals surface area contributed by atoms with E-state index in [4.69, 9.17) is 5.73 Å². The fraction of sp³-hybridized carbons (Fsp3) is 0.250. The molecule has 204 valence electrons. The summed E-state index contributed by atoms with van der Waals surface area (Å²) in [5.74, 6) is 0. The number of aromatic amines is 1. The monoisotopic (exact) mass is 580 g/mol. The standard InChI is InChI=1S/C28H32N6O2S3/c1-20(29)7-4-8-21(2)34-14-12-33(13-15-34)19-23-18-30-28(38-23)24-17-22-9-5-10-25(27(22)31-24)32(3)39(35,36)26-11-6-16-37-26/h4-11,16-18,31H,2,12-15,19,29H2,1,3H3/b8-4-,20-7-. The van der Waals surface area contributed by atoms with E-state index in [1.54, 1.807) is 35.9 Å². The van der Waals surface area contributed by atoms with Crippen molar-refractivity contribution in [3.8, 4) is 10.7 Å². The highest BCUT2D eigenvalue weighted by Gasteiger charge is 2.25. The van der Waals surface area contributed by atoms with Crippen molar-refractivity contribution in [1.82, 2.24) is 19.8 Å². The Bertz CT molecular complexity index is 1620. The second-order valence-electron chi connectivity index (χ2n) is 9.49. The number of anilines is 1. The van der Waals surface area contributed by atoms with Crippen LogP contribution < -0.4 is 10.0 Å². The third-order valence-electron chi connectivity index (χ3n) is 6.67. The van der Waals surface area contributed by atoms with Crippen LogP contribution in [0, 0.1) is 0 Å². The van der Waals surface area contributed by atoms with Gasteiger partial charge < -0.3 is 15.6 Å². The molecule has 0 aliphatic carbocycles. The molecule has 5 rings (SSSR count). The molecule has 1 aliphatic heterocycles. The van der Waals surface area contributed by atoms with E-state index in [1.807, 2.05) is 55.6 Å². The maximum atomic E-state index is 13.1. The van der Waals surface area contributed by atoms with Gasteiger partial charge in [-0.05, 0) is 42.7 Å². The van der Waals surface area contributed by atoms with Crippen LogP contribution in [0.3, 0.4) is 0 Å². The Morgan fingerprint density at radius 1 is 1.23 bits per heavy atom. The summed E-state index contributed by atoms with van der Waals surface area (Å²) < 4.78 is 27.9. The van der Waals surface area contributed by atoms with Crippen LogP contribution in [0.4, 0.5) is 5.69 Å². The fourth-order valence-electron chi connectivity index (χ4n) is 4.53. The van der Waals surface area contributed by atoms with Gasteiger partial charge in [0.15, 0.2) is 0 Å². The molecule has 1 aromatic carbocycles. The smallest absolute Gasteiger partial charge is 0.273 e. The van der Waals surface area contributed by atoms with Crippen LogP contribution in [0.1, 0.15) is 11.8 Å².